The van der Waals surface area contributed by atoms with Crippen LogP contribution in [0.4, 0.5) is 0 Å². The van der Waals surface area contributed by atoms with Gasteiger partial charge in [-0.3, -0.25) is 4.79 Å². The molecule has 2 saturated heterocycles. The van der Waals surface area contributed by atoms with Crippen molar-refractivity contribution >= 4 is 11.9 Å². The van der Waals surface area contributed by atoms with Crippen molar-refractivity contribution in [1.82, 2.24) is 0 Å². The van der Waals surface area contributed by atoms with Crippen LogP contribution in [0, 0.1) is 0 Å². The van der Waals surface area contributed by atoms with E-state index in [9.17, 15) is 45.3 Å². The van der Waals surface area contributed by atoms with E-state index >= 15 is 0 Å². The van der Waals surface area contributed by atoms with E-state index in [1.807, 2.05) is 6.08 Å². The zero-order chi connectivity index (χ0) is 48.2. The van der Waals surface area contributed by atoms with Gasteiger partial charge in [0.05, 0.1) is 19.8 Å². The Balaban J connectivity index is 1.85. The fourth-order valence-corrected chi connectivity index (χ4v) is 7.95. The smallest absolute Gasteiger partial charge is 0.330 e. The molecule has 384 valence electrons. The van der Waals surface area contributed by atoms with Crippen LogP contribution in [0.1, 0.15) is 181 Å². The summed E-state index contributed by atoms with van der Waals surface area (Å²) in [6.07, 6.45) is 23.7. The highest BCUT2D eigenvalue weighted by Gasteiger charge is 2.47. The average molecular weight is 943 g/mol. The van der Waals surface area contributed by atoms with Crippen LogP contribution in [-0.2, 0) is 38.0 Å². The van der Waals surface area contributed by atoms with E-state index in [-0.39, 0.29) is 13.0 Å². The summed E-state index contributed by atoms with van der Waals surface area (Å²) < 4.78 is 33.4. The molecule has 11 atom stereocenters. The van der Waals surface area contributed by atoms with E-state index < -0.39 is 99.3 Å². The molecule has 7 N–H and O–H groups in total. The summed E-state index contributed by atoms with van der Waals surface area (Å²) in [5.41, 5.74) is 0. The molecule has 0 radical (unpaired) electrons. The van der Waals surface area contributed by atoms with Gasteiger partial charge in [-0.25, -0.2) is 4.79 Å². The van der Waals surface area contributed by atoms with Crippen LogP contribution in [0.3, 0.4) is 0 Å². The number of carbonyl (C=O) groups excluding carboxylic acids is 2. The topological polar surface area (TPSA) is 231 Å². The lowest BCUT2D eigenvalue weighted by molar-refractivity contribution is -0.332. The summed E-state index contributed by atoms with van der Waals surface area (Å²) in [6, 6.07) is 0. The van der Waals surface area contributed by atoms with Crippen LogP contribution in [0.25, 0.3) is 0 Å². The lowest BCUT2D eigenvalue weighted by Crippen LogP contribution is -2.61. The maximum atomic E-state index is 13.0. The standard InChI is InChI=1S/C51H90O15/c1-3-5-7-9-11-13-15-17-19-21-23-25-27-29-31-33-42(53)61-36-39(64-43(54)34-32-30-28-26-24-22-20-18-16-14-12-10-8-6-4-2)37-62-50-49(60)47(58)45(56)41(66-50)38-63-51-48(59)46(57)44(55)40(35-52)65-51/h14,16,27,29,31,33,39-41,44-52,55-60H,3-13,15,17-26,28,30,32,34-38H2,1-2H3/b16-14+,29-27+,33-31+/t39-,40-,41-,44+,45+,46?,47?,48?,49?,50-,51-/m1/s1. The van der Waals surface area contributed by atoms with Gasteiger partial charge in [0.1, 0.15) is 55.4 Å². The monoisotopic (exact) mass is 943 g/mol. The van der Waals surface area contributed by atoms with Gasteiger partial charge in [0.25, 0.3) is 0 Å². The minimum atomic E-state index is -1.78. The van der Waals surface area contributed by atoms with Crippen LogP contribution in [0.2, 0.25) is 0 Å². The molecule has 15 nitrogen and oxygen atoms in total. The van der Waals surface area contributed by atoms with Gasteiger partial charge in [0.15, 0.2) is 18.7 Å². The number of carbonyl (C=O) groups is 2. The van der Waals surface area contributed by atoms with Crippen molar-refractivity contribution in [2.45, 2.75) is 248 Å². The molecule has 2 aliphatic rings. The van der Waals surface area contributed by atoms with E-state index in [4.69, 9.17) is 28.4 Å². The van der Waals surface area contributed by atoms with Crippen molar-refractivity contribution in [2.75, 3.05) is 26.4 Å². The van der Waals surface area contributed by atoms with E-state index in [2.05, 4.69) is 26.0 Å². The number of aliphatic hydroxyl groups excluding tert-OH is 7. The molecule has 2 fully saturated rings. The molecule has 0 aliphatic carbocycles. The third-order valence-corrected chi connectivity index (χ3v) is 12.2. The third kappa shape index (κ3) is 26.5. The first kappa shape index (κ1) is 59.8. The predicted molar refractivity (Wildman–Crippen MR) is 252 cm³/mol. The van der Waals surface area contributed by atoms with Crippen molar-refractivity contribution in [3.8, 4) is 0 Å². The second-order valence-electron chi connectivity index (χ2n) is 18.1. The Morgan fingerprint density at radius 2 is 0.970 bits per heavy atom. The SMILES string of the molecule is CCCCCC/C=C/CCCCCCCCCC(=O)O[C@H](COC(=O)/C=C/C=C/CCCCCCCCCCCCC)CO[C@@H]1O[C@H](CO[C@@H]2O[C@H](CO)[C@H](O)C(O)C2O)[C@H](O)C(O)C1O. The fraction of sp³-hybridized carbons (Fsp3) is 0.843. The Labute approximate surface area is 395 Å². The minimum absolute atomic E-state index is 0.141. The van der Waals surface area contributed by atoms with Gasteiger partial charge < -0.3 is 64.2 Å². The van der Waals surface area contributed by atoms with Crippen molar-refractivity contribution in [3.05, 3.63) is 36.5 Å². The number of unbranched alkanes of at least 4 members (excludes halogenated alkanes) is 22. The van der Waals surface area contributed by atoms with Crippen molar-refractivity contribution in [3.63, 3.8) is 0 Å². The normalized spacial score (nSPS) is 26.4. The van der Waals surface area contributed by atoms with Gasteiger partial charge >= 0.3 is 11.9 Å². The van der Waals surface area contributed by atoms with Crippen LogP contribution in [-0.4, -0.2) is 142 Å². The summed E-state index contributed by atoms with van der Waals surface area (Å²) in [5.74, 6) is -1.18. The number of allylic oxidation sites excluding steroid dienone is 5. The molecule has 0 aromatic carbocycles. The first-order chi connectivity index (χ1) is 32.0. The molecule has 0 amide bonds. The van der Waals surface area contributed by atoms with Gasteiger partial charge in [-0.05, 0) is 44.9 Å². The van der Waals surface area contributed by atoms with E-state index in [0.717, 1.165) is 44.9 Å². The summed E-state index contributed by atoms with van der Waals surface area (Å²) in [4.78, 5) is 25.6. The summed E-state index contributed by atoms with van der Waals surface area (Å²) in [6.45, 7) is 2.45. The first-order valence-electron chi connectivity index (χ1n) is 25.6. The predicted octanol–water partition coefficient (Wildman–Crippen LogP) is 6.93. The number of rotatable bonds is 39. The molecule has 0 bridgehead atoms. The van der Waals surface area contributed by atoms with E-state index in [1.165, 1.54) is 115 Å². The number of aliphatic hydroxyl groups is 7. The molecule has 0 aromatic heterocycles. The summed E-state index contributed by atoms with van der Waals surface area (Å²) in [5, 5.41) is 72.0. The highest BCUT2D eigenvalue weighted by Crippen LogP contribution is 2.26. The lowest BCUT2D eigenvalue weighted by Gasteiger charge is -2.42. The highest BCUT2D eigenvalue weighted by molar-refractivity contribution is 5.82. The first-order valence-corrected chi connectivity index (χ1v) is 25.6. The van der Waals surface area contributed by atoms with E-state index in [0.29, 0.717) is 6.42 Å². The van der Waals surface area contributed by atoms with Gasteiger partial charge in [-0.1, -0.05) is 160 Å². The minimum Gasteiger partial charge on any atom is -0.458 e. The zero-order valence-electron chi connectivity index (χ0n) is 40.4. The van der Waals surface area contributed by atoms with Crippen LogP contribution in [0.15, 0.2) is 36.5 Å². The fourth-order valence-electron chi connectivity index (χ4n) is 7.95. The largest absolute Gasteiger partial charge is 0.458 e. The second kappa shape index (κ2) is 38.6. The van der Waals surface area contributed by atoms with E-state index in [1.54, 1.807) is 12.2 Å². The van der Waals surface area contributed by atoms with Gasteiger partial charge in [0.2, 0.25) is 0 Å². The summed E-state index contributed by atoms with van der Waals surface area (Å²) >= 11 is 0. The maximum Gasteiger partial charge on any atom is 0.330 e. The number of hydrogen-bond acceptors (Lipinski definition) is 15. The molecule has 2 aliphatic heterocycles. The molecule has 4 unspecified atom stereocenters. The van der Waals surface area contributed by atoms with Crippen LogP contribution >= 0.6 is 0 Å². The molecule has 66 heavy (non-hydrogen) atoms. The Hall–Kier alpha value is -2.28. The molecular weight excluding hydrogens is 853 g/mol. The van der Waals surface area contributed by atoms with Gasteiger partial charge in [0, 0.05) is 12.5 Å². The van der Waals surface area contributed by atoms with Crippen LogP contribution < -0.4 is 0 Å². The van der Waals surface area contributed by atoms with Gasteiger partial charge in [-0.15, -0.1) is 0 Å². The molecule has 15 heteroatoms. The maximum absolute atomic E-state index is 13.0. The number of hydrogen-bond donors (Lipinski definition) is 7. The zero-order valence-corrected chi connectivity index (χ0v) is 40.4. The summed E-state index contributed by atoms with van der Waals surface area (Å²) in [7, 11) is 0. The molecule has 2 rings (SSSR count). The number of esters is 2. The molecule has 0 aromatic rings. The lowest BCUT2D eigenvalue weighted by atomic mass is 9.98. The Bertz CT molecular complexity index is 1290. The Morgan fingerprint density at radius 1 is 0.515 bits per heavy atom. The average Bonchev–Trinajstić information content (AvgIpc) is 3.31. The third-order valence-electron chi connectivity index (χ3n) is 12.2. The number of ether oxygens (including phenoxy) is 6. The highest BCUT2D eigenvalue weighted by atomic mass is 16.7. The molecule has 0 saturated carbocycles. The van der Waals surface area contributed by atoms with Gasteiger partial charge in [-0.2, -0.15) is 0 Å². The Kier molecular flexibility index (Phi) is 35.0. The quantitative estimate of drug-likeness (QED) is 0.0109. The molecule has 0 spiro atoms. The van der Waals surface area contributed by atoms with Crippen molar-refractivity contribution in [1.29, 1.82) is 0 Å². The second-order valence-corrected chi connectivity index (χ2v) is 18.1. The molecular formula is C51H90O15. The van der Waals surface area contributed by atoms with Crippen LogP contribution in [0.5, 0.6) is 0 Å². The van der Waals surface area contributed by atoms with Crippen molar-refractivity contribution in [2.24, 2.45) is 0 Å². The molecule has 2 heterocycles. The Morgan fingerprint density at radius 3 is 1.52 bits per heavy atom. The van der Waals surface area contributed by atoms with Crippen molar-refractivity contribution < 1.29 is 73.8 Å².